The molecule has 0 atom stereocenters. The normalized spacial score (nSPS) is 10.6. The lowest BCUT2D eigenvalue weighted by atomic mass is 10.1. The lowest BCUT2D eigenvalue weighted by Crippen LogP contribution is -2.35. The molecule has 0 bridgehead atoms. The predicted octanol–water partition coefficient (Wildman–Crippen LogP) is 3.63. The van der Waals surface area contributed by atoms with Crippen molar-refractivity contribution in [3.63, 3.8) is 0 Å². The molecule has 29 heavy (non-hydrogen) atoms. The number of hydrogen-bond donors (Lipinski definition) is 3. The Bertz CT molecular complexity index is 1100. The molecule has 0 aliphatic carbocycles. The van der Waals surface area contributed by atoms with Gasteiger partial charge in [0.15, 0.2) is 10.6 Å². The first-order valence-corrected chi connectivity index (χ1v) is 9.67. The van der Waals surface area contributed by atoms with E-state index in [2.05, 4.69) is 20.8 Å². The van der Waals surface area contributed by atoms with Crippen LogP contribution in [0.5, 0.6) is 0 Å². The monoisotopic (exact) mass is 429 g/mol. The molecular weight excluding hydrogens is 410 g/mol. The molecule has 150 valence electrons. The van der Waals surface area contributed by atoms with Gasteiger partial charge in [0, 0.05) is 16.3 Å². The number of H-pyrrole nitrogens is 1. The highest BCUT2D eigenvalue weighted by Gasteiger charge is 2.14. The third-order valence-corrected chi connectivity index (χ3v) is 5.08. The number of carbonyl (C=O) groups excluding carboxylic acids is 2. The highest BCUT2D eigenvalue weighted by atomic mass is 35.5. The molecule has 0 saturated heterocycles. The van der Waals surface area contributed by atoms with Crippen LogP contribution in [0.15, 0.2) is 42.5 Å². The minimum atomic E-state index is -0.353. The summed E-state index contributed by atoms with van der Waals surface area (Å²) in [4.78, 5) is 24.5. The van der Waals surface area contributed by atoms with Crippen LogP contribution in [0.3, 0.4) is 0 Å². The van der Waals surface area contributed by atoms with E-state index < -0.39 is 0 Å². The first kappa shape index (κ1) is 20.8. The molecule has 3 aromatic rings. The van der Waals surface area contributed by atoms with E-state index in [1.807, 2.05) is 38.1 Å². The van der Waals surface area contributed by atoms with E-state index in [0.29, 0.717) is 21.3 Å². The number of anilines is 1. The Morgan fingerprint density at radius 2 is 1.86 bits per heavy atom. The number of nitrogens with zero attached hydrogens (tertiary/aromatic N) is 2. The highest BCUT2D eigenvalue weighted by Crippen LogP contribution is 2.22. The number of benzene rings is 2. The fourth-order valence-corrected chi connectivity index (χ4v) is 3.07. The molecule has 2 amide bonds. The average molecular weight is 430 g/mol. The third-order valence-electron chi connectivity index (χ3n) is 4.36. The summed E-state index contributed by atoms with van der Waals surface area (Å²) in [6, 6.07) is 13.0. The van der Waals surface area contributed by atoms with Gasteiger partial charge < -0.3 is 10.6 Å². The fourth-order valence-electron chi connectivity index (χ4n) is 2.70. The van der Waals surface area contributed by atoms with Crippen molar-refractivity contribution in [2.24, 2.45) is 0 Å². The maximum Gasteiger partial charge on any atom is 0.243 e. The number of halogens is 1. The van der Waals surface area contributed by atoms with Crippen LogP contribution in [-0.4, -0.2) is 33.1 Å². The molecule has 1 heterocycles. The number of nitrogens with one attached hydrogen (secondary N) is 3. The summed E-state index contributed by atoms with van der Waals surface area (Å²) in [5.74, 6) is -0.142. The van der Waals surface area contributed by atoms with E-state index in [0.717, 1.165) is 16.7 Å². The van der Waals surface area contributed by atoms with Gasteiger partial charge >= 0.3 is 0 Å². The highest BCUT2D eigenvalue weighted by molar-refractivity contribution is 7.71. The molecule has 0 unspecified atom stereocenters. The lowest BCUT2D eigenvalue weighted by Gasteiger charge is -2.11. The maximum atomic E-state index is 12.4. The Morgan fingerprint density at radius 1 is 1.14 bits per heavy atom. The Labute approximate surface area is 178 Å². The molecule has 0 aliphatic heterocycles. The van der Waals surface area contributed by atoms with Crippen molar-refractivity contribution in [3.05, 3.63) is 63.4 Å². The second-order valence-electron chi connectivity index (χ2n) is 6.54. The van der Waals surface area contributed by atoms with Gasteiger partial charge in [-0.3, -0.25) is 19.3 Å². The van der Waals surface area contributed by atoms with Gasteiger partial charge in [0.05, 0.1) is 6.54 Å². The first-order chi connectivity index (χ1) is 13.8. The van der Waals surface area contributed by atoms with E-state index in [1.54, 1.807) is 22.8 Å². The summed E-state index contributed by atoms with van der Waals surface area (Å²) in [5, 5.41) is 12.8. The summed E-state index contributed by atoms with van der Waals surface area (Å²) < 4.78 is 1.92. The van der Waals surface area contributed by atoms with Crippen molar-refractivity contribution in [1.29, 1.82) is 0 Å². The summed E-state index contributed by atoms with van der Waals surface area (Å²) in [6.45, 7) is 3.58. The van der Waals surface area contributed by atoms with Gasteiger partial charge in [-0.05, 0) is 43.8 Å². The second kappa shape index (κ2) is 9.02. The third kappa shape index (κ3) is 5.10. The number of amides is 2. The van der Waals surface area contributed by atoms with Crippen LogP contribution < -0.4 is 10.6 Å². The molecule has 0 fully saturated rings. The minimum Gasteiger partial charge on any atom is -0.345 e. The van der Waals surface area contributed by atoms with Crippen LogP contribution in [0.1, 0.15) is 11.1 Å². The molecule has 3 N–H and O–H groups in total. The number of aryl methyl sites for hydroxylation is 1. The van der Waals surface area contributed by atoms with E-state index in [9.17, 15) is 9.59 Å². The number of hydrogen-bond acceptors (Lipinski definition) is 4. The molecule has 0 radical (unpaired) electrons. The van der Waals surface area contributed by atoms with Crippen molar-refractivity contribution in [2.75, 3.05) is 11.9 Å². The van der Waals surface area contributed by atoms with Crippen LogP contribution in [0, 0.1) is 18.6 Å². The summed E-state index contributed by atoms with van der Waals surface area (Å²) in [7, 11) is 0. The largest absolute Gasteiger partial charge is 0.345 e. The van der Waals surface area contributed by atoms with Gasteiger partial charge in [0.1, 0.15) is 6.54 Å². The Balaban J connectivity index is 1.62. The molecule has 9 heteroatoms. The molecule has 1 aromatic heterocycles. The van der Waals surface area contributed by atoms with Crippen LogP contribution in [0.2, 0.25) is 5.02 Å². The quantitative estimate of drug-likeness (QED) is 0.522. The van der Waals surface area contributed by atoms with E-state index in [1.165, 1.54) is 0 Å². The predicted molar refractivity (Wildman–Crippen MR) is 115 cm³/mol. The lowest BCUT2D eigenvalue weighted by molar-refractivity contribution is -0.124. The standard InChI is InChI=1S/C20H20ClN5O2S/c1-12-6-8-14(9-7-12)19-24-25-20(29)26(19)11-18(28)22-10-17(27)23-16-5-3-4-15(21)13(16)2/h3-9H,10-11H2,1-2H3,(H,22,28)(H,23,27)(H,25,29). The number of rotatable bonds is 6. The van der Waals surface area contributed by atoms with Gasteiger partial charge in [-0.15, -0.1) is 0 Å². The Morgan fingerprint density at radius 3 is 2.59 bits per heavy atom. The van der Waals surface area contributed by atoms with E-state index >= 15 is 0 Å². The molecular formula is C20H20ClN5O2S. The number of carbonyl (C=O) groups is 2. The zero-order chi connectivity index (χ0) is 21.0. The second-order valence-corrected chi connectivity index (χ2v) is 7.34. The molecule has 2 aromatic carbocycles. The van der Waals surface area contributed by atoms with E-state index in [4.69, 9.17) is 23.8 Å². The van der Waals surface area contributed by atoms with Gasteiger partial charge in [0.25, 0.3) is 0 Å². The van der Waals surface area contributed by atoms with Gasteiger partial charge in [-0.25, -0.2) is 0 Å². The molecule has 0 spiro atoms. The molecule has 3 rings (SSSR count). The van der Waals surface area contributed by atoms with Gasteiger partial charge in [-0.1, -0.05) is 47.5 Å². The topological polar surface area (TPSA) is 91.8 Å². The average Bonchev–Trinajstić information content (AvgIpc) is 3.05. The van der Waals surface area contributed by atoms with Crippen molar-refractivity contribution in [3.8, 4) is 11.4 Å². The van der Waals surface area contributed by atoms with Crippen molar-refractivity contribution < 1.29 is 9.59 Å². The fraction of sp³-hybridized carbons (Fsp3) is 0.200. The summed E-state index contributed by atoms with van der Waals surface area (Å²) in [6.07, 6.45) is 0. The smallest absolute Gasteiger partial charge is 0.243 e. The zero-order valence-corrected chi connectivity index (χ0v) is 17.5. The number of aromatic nitrogens is 3. The first-order valence-electron chi connectivity index (χ1n) is 8.89. The van der Waals surface area contributed by atoms with Crippen LogP contribution in [0.4, 0.5) is 5.69 Å². The van der Waals surface area contributed by atoms with Crippen LogP contribution in [-0.2, 0) is 16.1 Å². The SMILES string of the molecule is Cc1ccc(-c2n[nH]c(=S)n2CC(=O)NCC(=O)Nc2cccc(Cl)c2C)cc1. The van der Waals surface area contributed by atoms with E-state index in [-0.39, 0.29) is 24.9 Å². The van der Waals surface area contributed by atoms with Crippen molar-refractivity contribution >= 4 is 41.3 Å². The van der Waals surface area contributed by atoms with Crippen LogP contribution in [0.25, 0.3) is 11.4 Å². The molecule has 7 nitrogen and oxygen atoms in total. The summed E-state index contributed by atoms with van der Waals surface area (Å²) >= 11 is 11.3. The van der Waals surface area contributed by atoms with Crippen LogP contribution >= 0.6 is 23.8 Å². The molecule has 0 aliphatic rings. The van der Waals surface area contributed by atoms with Gasteiger partial charge in [-0.2, -0.15) is 5.10 Å². The van der Waals surface area contributed by atoms with Gasteiger partial charge in [0.2, 0.25) is 11.8 Å². The Hall–Kier alpha value is -2.97. The maximum absolute atomic E-state index is 12.4. The minimum absolute atomic E-state index is 0.0536. The Kier molecular flexibility index (Phi) is 6.46. The molecule has 0 saturated carbocycles. The number of aromatic amines is 1. The van der Waals surface area contributed by atoms with Crippen molar-refractivity contribution in [2.45, 2.75) is 20.4 Å². The van der Waals surface area contributed by atoms with Crippen molar-refractivity contribution in [1.82, 2.24) is 20.1 Å². The zero-order valence-electron chi connectivity index (χ0n) is 16.0. The summed E-state index contributed by atoms with van der Waals surface area (Å²) in [5.41, 5.74) is 3.33.